The van der Waals surface area contributed by atoms with Crippen molar-refractivity contribution in [2.24, 2.45) is 0 Å². The largest absolute Gasteiger partial charge is 0.336 e. The van der Waals surface area contributed by atoms with Gasteiger partial charge in [0.15, 0.2) is 0 Å². The van der Waals surface area contributed by atoms with Gasteiger partial charge in [0.1, 0.15) is 5.15 Å². The maximum atomic E-state index is 12.5. The van der Waals surface area contributed by atoms with Gasteiger partial charge in [0.05, 0.1) is 5.56 Å². The van der Waals surface area contributed by atoms with Gasteiger partial charge in [0.25, 0.3) is 16.1 Å². The molecule has 7 nitrogen and oxygen atoms in total. The number of hydrogen-bond donors (Lipinski definition) is 0. The first-order valence-corrected chi connectivity index (χ1v) is 9.42. The van der Waals surface area contributed by atoms with Crippen molar-refractivity contribution >= 4 is 27.7 Å². The van der Waals surface area contributed by atoms with E-state index in [4.69, 9.17) is 11.6 Å². The van der Waals surface area contributed by atoms with E-state index in [1.807, 2.05) is 0 Å². The lowest BCUT2D eigenvalue weighted by atomic mass is 10.2. The lowest BCUT2D eigenvalue weighted by Crippen LogP contribution is -2.53. The number of carbonyl (C=O) groups is 1. The predicted molar refractivity (Wildman–Crippen MR) is 86.5 cm³/mol. The summed E-state index contributed by atoms with van der Waals surface area (Å²) in [4.78, 5) is 17.9. The normalized spacial score (nSPS) is 20.8. The second kappa shape index (κ2) is 6.72. The standard InChI is InChI=1S/C14H19ClN4O3S/c15-13-4-3-12(11-16-13)14(20)17-7-9-19(10-8-17)23(21,22)18-5-1-2-6-18/h3-4,11H,1-2,5-10H2. The van der Waals surface area contributed by atoms with E-state index in [0.29, 0.717) is 50.0 Å². The van der Waals surface area contributed by atoms with Crippen LogP contribution in [-0.4, -0.2) is 72.1 Å². The first-order chi connectivity index (χ1) is 11.0. The Balaban J connectivity index is 1.62. The van der Waals surface area contributed by atoms with E-state index >= 15 is 0 Å². The maximum absolute atomic E-state index is 12.5. The quantitative estimate of drug-likeness (QED) is 0.750. The predicted octanol–water partition coefficient (Wildman–Crippen LogP) is 0.833. The van der Waals surface area contributed by atoms with Gasteiger partial charge >= 0.3 is 0 Å². The highest BCUT2D eigenvalue weighted by Crippen LogP contribution is 2.19. The highest BCUT2D eigenvalue weighted by Gasteiger charge is 2.34. The highest BCUT2D eigenvalue weighted by atomic mass is 35.5. The number of carbonyl (C=O) groups excluding carboxylic acids is 1. The minimum Gasteiger partial charge on any atom is -0.336 e. The molecule has 0 atom stereocenters. The second-order valence-corrected chi connectivity index (χ2v) is 7.99. The van der Waals surface area contributed by atoms with Crippen LogP contribution in [0.5, 0.6) is 0 Å². The van der Waals surface area contributed by atoms with Crippen LogP contribution in [0.25, 0.3) is 0 Å². The Morgan fingerprint density at radius 2 is 1.61 bits per heavy atom. The molecule has 0 aromatic carbocycles. The summed E-state index contributed by atoms with van der Waals surface area (Å²) in [5.41, 5.74) is 0.463. The van der Waals surface area contributed by atoms with Crippen LogP contribution in [0.15, 0.2) is 18.3 Å². The Bertz CT molecular complexity index is 666. The van der Waals surface area contributed by atoms with Crippen LogP contribution >= 0.6 is 11.6 Å². The van der Waals surface area contributed by atoms with Crippen LogP contribution in [0.2, 0.25) is 5.15 Å². The molecule has 23 heavy (non-hydrogen) atoms. The van der Waals surface area contributed by atoms with Gasteiger partial charge in [-0.3, -0.25) is 4.79 Å². The summed E-state index contributed by atoms with van der Waals surface area (Å²) >= 11 is 5.72. The van der Waals surface area contributed by atoms with Gasteiger partial charge in [-0.15, -0.1) is 0 Å². The molecular weight excluding hydrogens is 340 g/mol. The van der Waals surface area contributed by atoms with Gasteiger partial charge in [-0.25, -0.2) is 4.98 Å². The number of nitrogens with zero attached hydrogens (tertiary/aromatic N) is 4. The minimum atomic E-state index is -3.38. The average molecular weight is 359 g/mol. The monoisotopic (exact) mass is 358 g/mol. The van der Waals surface area contributed by atoms with Crippen molar-refractivity contribution in [3.05, 3.63) is 29.0 Å². The zero-order chi connectivity index (χ0) is 16.4. The summed E-state index contributed by atoms with van der Waals surface area (Å²) in [7, 11) is -3.38. The molecule has 0 radical (unpaired) electrons. The van der Waals surface area contributed by atoms with Crippen molar-refractivity contribution in [2.45, 2.75) is 12.8 Å². The Hall–Kier alpha value is -1.22. The summed E-state index contributed by atoms with van der Waals surface area (Å²) in [6, 6.07) is 3.20. The van der Waals surface area contributed by atoms with E-state index < -0.39 is 10.2 Å². The minimum absolute atomic E-state index is 0.146. The molecule has 0 aliphatic carbocycles. The first-order valence-electron chi connectivity index (χ1n) is 7.64. The van der Waals surface area contributed by atoms with Gasteiger partial charge in [0.2, 0.25) is 0 Å². The Morgan fingerprint density at radius 1 is 1.00 bits per heavy atom. The molecule has 1 aromatic heterocycles. The van der Waals surface area contributed by atoms with Gasteiger partial charge in [-0.05, 0) is 25.0 Å². The summed E-state index contributed by atoms with van der Waals surface area (Å²) in [5, 5.41) is 0.336. The van der Waals surface area contributed by atoms with Crippen molar-refractivity contribution in [3.8, 4) is 0 Å². The number of pyridine rings is 1. The fourth-order valence-electron chi connectivity index (χ4n) is 2.89. The smallest absolute Gasteiger partial charge is 0.282 e. The Morgan fingerprint density at radius 3 is 2.17 bits per heavy atom. The van der Waals surface area contributed by atoms with Gasteiger partial charge in [0, 0.05) is 45.5 Å². The van der Waals surface area contributed by atoms with Gasteiger partial charge in [-0.2, -0.15) is 17.0 Å². The van der Waals surface area contributed by atoms with Crippen LogP contribution in [0.1, 0.15) is 23.2 Å². The van der Waals surface area contributed by atoms with Crippen molar-refractivity contribution in [3.63, 3.8) is 0 Å². The van der Waals surface area contributed by atoms with E-state index in [2.05, 4.69) is 4.98 Å². The number of halogens is 1. The summed E-state index contributed by atoms with van der Waals surface area (Å²) in [5.74, 6) is -0.146. The van der Waals surface area contributed by atoms with E-state index in [0.717, 1.165) is 12.8 Å². The second-order valence-electron chi connectivity index (χ2n) is 5.67. The third-order valence-corrected chi connectivity index (χ3v) is 6.48. The average Bonchev–Trinajstić information content (AvgIpc) is 3.10. The molecule has 9 heteroatoms. The van der Waals surface area contributed by atoms with Crippen LogP contribution in [0.3, 0.4) is 0 Å². The zero-order valence-electron chi connectivity index (χ0n) is 12.7. The molecule has 0 N–H and O–H groups in total. The third kappa shape index (κ3) is 3.50. The fourth-order valence-corrected chi connectivity index (χ4v) is 4.67. The zero-order valence-corrected chi connectivity index (χ0v) is 14.3. The van der Waals surface area contributed by atoms with Crippen molar-refractivity contribution in [2.75, 3.05) is 39.3 Å². The molecule has 2 aliphatic heterocycles. The molecule has 2 fully saturated rings. The van der Waals surface area contributed by atoms with Crippen LogP contribution < -0.4 is 0 Å². The lowest BCUT2D eigenvalue weighted by Gasteiger charge is -2.35. The molecular formula is C14H19ClN4O3S. The summed E-state index contributed by atoms with van der Waals surface area (Å²) < 4.78 is 28.0. The number of piperazine rings is 1. The van der Waals surface area contributed by atoms with E-state index in [9.17, 15) is 13.2 Å². The maximum Gasteiger partial charge on any atom is 0.282 e. The molecule has 2 saturated heterocycles. The Labute approximate surface area is 141 Å². The fraction of sp³-hybridized carbons (Fsp3) is 0.571. The SMILES string of the molecule is O=C(c1ccc(Cl)nc1)N1CCN(S(=O)(=O)N2CCCC2)CC1. The van der Waals surface area contributed by atoms with Gasteiger partial charge < -0.3 is 4.90 Å². The van der Waals surface area contributed by atoms with E-state index in [1.54, 1.807) is 17.0 Å². The molecule has 0 saturated carbocycles. The van der Waals surface area contributed by atoms with Gasteiger partial charge in [-0.1, -0.05) is 11.6 Å². The Kier molecular flexibility index (Phi) is 4.86. The molecule has 0 spiro atoms. The number of hydrogen-bond acceptors (Lipinski definition) is 4. The molecule has 126 valence electrons. The van der Waals surface area contributed by atoms with E-state index in [1.165, 1.54) is 14.8 Å². The van der Waals surface area contributed by atoms with Crippen LogP contribution in [-0.2, 0) is 10.2 Å². The number of amides is 1. The molecule has 0 unspecified atom stereocenters. The molecule has 0 bridgehead atoms. The molecule has 1 aromatic rings. The lowest BCUT2D eigenvalue weighted by molar-refractivity contribution is 0.0694. The number of rotatable bonds is 3. The number of aromatic nitrogens is 1. The molecule has 2 aliphatic rings. The highest BCUT2D eigenvalue weighted by molar-refractivity contribution is 7.86. The molecule has 3 rings (SSSR count). The van der Waals surface area contributed by atoms with Crippen molar-refractivity contribution < 1.29 is 13.2 Å². The summed E-state index contributed by atoms with van der Waals surface area (Å²) in [6.07, 6.45) is 3.28. The van der Waals surface area contributed by atoms with Crippen molar-refractivity contribution in [1.82, 2.24) is 18.5 Å². The van der Waals surface area contributed by atoms with Crippen LogP contribution in [0.4, 0.5) is 0 Å². The molecule has 3 heterocycles. The van der Waals surface area contributed by atoms with E-state index in [-0.39, 0.29) is 5.91 Å². The van der Waals surface area contributed by atoms with Crippen LogP contribution in [0, 0.1) is 0 Å². The third-order valence-electron chi connectivity index (χ3n) is 4.22. The van der Waals surface area contributed by atoms with Crippen molar-refractivity contribution in [1.29, 1.82) is 0 Å². The summed E-state index contributed by atoms with van der Waals surface area (Å²) in [6.45, 7) is 2.61. The topological polar surface area (TPSA) is 73.8 Å². The molecule has 1 amide bonds. The first kappa shape index (κ1) is 16.6.